The van der Waals surface area contributed by atoms with Crippen LogP contribution >= 0.6 is 11.8 Å². The first-order valence-corrected chi connectivity index (χ1v) is 5.89. The summed E-state index contributed by atoms with van der Waals surface area (Å²) in [6.45, 7) is 4.29. The summed E-state index contributed by atoms with van der Waals surface area (Å²) < 4.78 is 40.3. The highest BCUT2D eigenvalue weighted by atomic mass is 32.2. The molecular weight excluding hydrogens is 227 g/mol. The molecule has 0 aromatic heterocycles. The smallest absolute Gasteiger partial charge is 0.379 e. The number of hydrogen-bond acceptors (Lipinski definition) is 3. The summed E-state index contributed by atoms with van der Waals surface area (Å²) in [6, 6.07) is 0. The molecule has 0 aliphatic heterocycles. The number of alkyl halides is 3. The van der Waals surface area contributed by atoms with Crippen LogP contribution in [0.2, 0.25) is 0 Å². The second-order valence-electron chi connectivity index (χ2n) is 3.42. The Kier molecular flexibility index (Phi) is 6.63. The molecule has 0 saturated carbocycles. The highest BCUT2D eigenvalue weighted by Gasteiger charge is 2.27. The lowest BCUT2D eigenvalue weighted by molar-refractivity contribution is -0.0332. The Morgan fingerprint density at radius 3 is 2.13 bits per heavy atom. The van der Waals surface area contributed by atoms with Crippen LogP contribution in [-0.4, -0.2) is 30.0 Å². The molecule has 0 radical (unpaired) electrons. The standard InChI is InChI=1S/C9H18F3NOS/c1-3-8(13,4-2)7-14-5-6-15-9(10,11)12/h3-7,13H2,1-2H3. The highest BCUT2D eigenvalue weighted by Crippen LogP contribution is 2.29. The van der Waals surface area contributed by atoms with Crippen LogP contribution in [0.3, 0.4) is 0 Å². The summed E-state index contributed by atoms with van der Waals surface area (Å²) in [5.41, 5.74) is 1.34. The summed E-state index contributed by atoms with van der Waals surface area (Å²) in [7, 11) is 0. The number of rotatable bonds is 7. The zero-order valence-electron chi connectivity index (χ0n) is 9.06. The number of ether oxygens (including phenoxy) is 1. The molecule has 0 unspecified atom stereocenters. The molecule has 6 heteroatoms. The molecule has 15 heavy (non-hydrogen) atoms. The maximum absolute atomic E-state index is 11.7. The van der Waals surface area contributed by atoms with Gasteiger partial charge in [0.2, 0.25) is 0 Å². The minimum Gasteiger partial charge on any atom is -0.379 e. The fourth-order valence-electron chi connectivity index (χ4n) is 0.946. The van der Waals surface area contributed by atoms with Crippen LogP contribution < -0.4 is 5.73 Å². The van der Waals surface area contributed by atoms with E-state index < -0.39 is 11.0 Å². The van der Waals surface area contributed by atoms with Crippen LogP contribution in [0.4, 0.5) is 13.2 Å². The second kappa shape index (κ2) is 6.60. The topological polar surface area (TPSA) is 35.2 Å². The maximum Gasteiger partial charge on any atom is 0.441 e. The largest absolute Gasteiger partial charge is 0.441 e. The molecule has 0 saturated heterocycles. The Morgan fingerprint density at radius 2 is 1.73 bits per heavy atom. The van der Waals surface area contributed by atoms with E-state index in [0.717, 1.165) is 12.8 Å². The van der Waals surface area contributed by atoms with Gasteiger partial charge in [-0.05, 0) is 24.6 Å². The third-order valence-electron chi connectivity index (χ3n) is 2.29. The molecule has 0 amide bonds. The fraction of sp³-hybridized carbons (Fsp3) is 1.00. The molecule has 0 fully saturated rings. The fourth-order valence-corrected chi connectivity index (χ4v) is 1.38. The van der Waals surface area contributed by atoms with Crippen LogP contribution in [-0.2, 0) is 4.74 Å². The van der Waals surface area contributed by atoms with Gasteiger partial charge in [0.15, 0.2) is 0 Å². The van der Waals surface area contributed by atoms with E-state index in [9.17, 15) is 13.2 Å². The van der Waals surface area contributed by atoms with Crippen molar-refractivity contribution in [2.24, 2.45) is 5.73 Å². The van der Waals surface area contributed by atoms with Gasteiger partial charge in [0.25, 0.3) is 0 Å². The SMILES string of the molecule is CCC(N)(CC)COCCSC(F)(F)F. The number of halogens is 3. The van der Waals surface area contributed by atoms with Gasteiger partial charge in [-0.2, -0.15) is 13.2 Å². The van der Waals surface area contributed by atoms with Crippen molar-refractivity contribution in [3.8, 4) is 0 Å². The first-order chi connectivity index (χ1) is 6.83. The molecule has 0 heterocycles. The van der Waals surface area contributed by atoms with E-state index in [2.05, 4.69) is 0 Å². The van der Waals surface area contributed by atoms with E-state index in [1.807, 2.05) is 13.8 Å². The van der Waals surface area contributed by atoms with Crippen LogP contribution in [0.25, 0.3) is 0 Å². The molecule has 2 N–H and O–H groups in total. The third kappa shape index (κ3) is 7.93. The first kappa shape index (κ1) is 15.1. The molecule has 0 atom stereocenters. The van der Waals surface area contributed by atoms with Crippen LogP contribution in [0.15, 0.2) is 0 Å². The second-order valence-corrected chi connectivity index (χ2v) is 4.58. The summed E-state index contributed by atoms with van der Waals surface area (Å²) in [4.78, 5) is 0. The van der Waals surface area contributed by atoms with Gasteiger partial charge >= 0.3 is 5.51 Å². The minimum atomic E-state index is -4.17. The van der Waals surface area contributed by atoms with E-state index in [0.29, 0.717) is 6.61 Å². The number of nitrogens with two attached hydrogens (primary N) is 1. The number of hydrogen-bond donors (Lipinski definition) is 1. The van der Waals surface area contributed by atoms with Crippen molar-refractivity contribution in [3.63, 3.8) is 0 Å². The first-order valence-electron chi connectivity index (χ1n) is 4.90. The molecule has 0 aromatic rings. The van der Waals surface area contributed by atoms with Gasteiger partial charge in [-0.3, -0.25) is 0 Å². The van der Waals surface area contributed by atoms with Gasteiger partial charge < -0.3 is 10.5 Å². The Morgan fingerprint density at radius 1 is 1.20 bits per heavy atom. The monoisotopic (exact) mass is 245 g/mol. The Hall–Kier alpha value is 0.0600. The zero-order valence-corrected chi connectivity index (χ0v) is 9.88. The lowest BCUT2D eigenvalue weighted by atomic mass is 9.96. The molecule has 0 aromatic carbocycles. The predicted molar refractivity (Wildman–Crippen MR) is 56.8 cm³/mol. The van der Waals surface area contributed by atoms with E-state index in [-0.39, 0.29) is 24.1 Å². The van der Waals surface area contributed by atoms with Crippen LogP contribution in [0.5, 0.6) is 0 Å². The number of thioether (sulfide) groups is 1. The minimum absolute atomic E-state index is 0.0665. The summed E-state index contributed by atoms with van der Waals surface area (Å²) in [5, 5.41) is 0. The van der Waals surface area contributed by atoms with Crippen LogP contribution in [0.1, 0.15) is 26.7 Å². The average molecular weight is 245 g/mol. The van der Waals surface area contributed by atoms with Crippen molar-refractivity contribution >= 4 is 11.8 Å². The van der Waals surface area contributed by atoms with Crippen molar-refractivity contribution in [1.29, 1.82) is 0 Å². The van der Waals surface area contributed by atoms with Crippen molar-refractivity contribution in [1.82, 2.24) is 0 Å². The molecule has 0 bridgehead atoms. The molecule has 0 spiro atoms. The predicted octanol–water partition coefficient (Wildman–Crippen LogP) is 2.77. The Bertz CT molecular complexity index is 171. The summed E-state index contributed by atoms with van der Waals surface area (Å²) >= 11 is -0.0665. The van der Waals surface area contributed by atoms with Gasteiger partial charge in [-0.1, -0.05) is 13.8 Å². The van der Waals surface area contributed by atoms with Gasteiger partial charge in [0.1, 0.15) is 0 Å². The van der Waals surface area contributed by atoms with Crippen molar-refractivity contribution in [3.05, 3.63) is 0 Å². The van der Waals surface area contributed by atoms with E-state index in [1.54, 1.807) is 0 Å². The van der Waals surface area contributed by atoms with Gasteiger partial charge in [-0.15, -0.1) is 0 Å². The van der Waals surface area contributed by atoms with E-state index >= 15 is 0 Å². The molecular formula is C9H18F3NOS. The van der Waals surface area contributed by atoms with Crippen LogP contribution in [0, 0.1) is 0 Å². The molecule has 0 rings (SSSR count). The Balaban J connectivity index is 3.54. The van der Waals surface area contributed by atoms with E-state index in [1.165, 1.54) is 0 Å². The zero-order chi connectivity index (χ0) is 11.9. The molecule has 2 nitrogen and oxygen atoms in total. The van der Waals surface area contributed by atoms with Gasteiger partial charge in [0, 0.05) is 11.3 Å². The molecule has 0 aliphatic rings. The highest BCUT2D eigenvalue weighted by molar-refractivity contribution is 8.00. The average Bonchev–Trinajstić information content (AvgIpc) is 2.15. The van der Waals surface area contributed by atoms with Crippen molar-refractivity contribution in [2.75, 3.05) is 19.0 Å². The van der Waals surface area contributed by atoms with E-state index in [4.69, 9.17) is 10.5 Å². The Labute approximate surface area is 92.7 Å². The molecule has 92 valence electrons. The lowest BCUT2D eigenvalue weighted by Crippen LogP contribution is -2.43. The molecule has 0 aliphatic carbocycles. The summed E-state index contributed by atoms with van der Waals surface area (Å²) in [6.07, 6.45) is 1.52. The summed E-state index contributed by atoms with van der Waals surface area (Å²) in [5.74, 6) is -0.0764. The van der Waals surface area contributed by atoms with Gasteiger partial charge in [0.05, 0.1) is 13.2 Å². The maximum atomic E-state index is 11.7. The normalized spacial score (nSPS) is 13.2. The quantitative estimate of drug-likeness (QED) is 0.700. The van der Waals surface area contributed by atoms with Gasteiger partial charge in [-0.25, -0.2) is 0 Å². The van der Waals surface area contributed by atoms with Crippen molar-refractivity contribution < 1.29 is 17.9 Å². The third-order valence-corrected chi connectivity index (χ3v) is 2.99. The lowest BCUT2D eigenvalue weighted by Gasteiger charge is -2.26. The van der Waals surface area contributed by atoms with Crippen molar-refractivity contribution in [2.45, 2.75) is 37.7 Å².